The van der Waals surface area contributed by atoms with Crippen LogP contribution in [0, 0.1) is 6.92 Å². The fraction of sp³-hybridized carbons (Fsp3) is 0.583. The van der Waals surface area contributed by atoms with Gasteiger partial charge < -0.3 is 10.1 Å². The molecule has 1 N–H and O–H groups in total. The molecular formula is C12H19N3O2. The number of carbonyl (C=O) groups excluding carboxylic acids is 1. The number of rotatable bonds is 7. The third kappa shape index (κ3) is 5.97. The maximum atomic E-state index is 11.2. The summed E-state index contributed by atoms with van der Waals surface area (Å²) in [6, 6.07) is 0. The molecule has 0 spiro atoms. The van der Waals surface area contributed by atoms with Gasteiger partial charge in [-0.25, -0.2) is 0 Å². The van der Waals surface area contributed by atoms with Crippen LogP contribution >= 0.6 is 0 Å². The zero-order chi connectivity index (χ0) is 12.5. The minimum atomic E-state index is -0.224. The Bertz CT molecular complexity index is 338. The van der Waals surface area contributed by atoms with Crippen molar-refractivity contribution in [3.8, 4) is 0 Å². The Kier molecular flexibility index (Phi) is 6.17. The van der Waals surface area contributed by atoms with Crippen molar-refractivity contribution in [2.75, 3.05) is 13.2 Å². The molecule has 17 heavy (non-hydrogen) atoms. The third-order valence-corrected chi connectivity index (χ3v) is 2.17. The molecule has 0 aliphatic rings. The summed E-state index contributed by atoms with van der Waals surface area (Å²) in [5.74, 6) is -0.224. The Balaban J connectivity index is 2.14. The Hall–Kier alpha value is -1.49. The summed E-state index contributed by atoms with van der Waals surface area (Å²) in [7, 11) is 0. The van der Waals surface area contributed by atoms with Crippen LogP contribution in [0.15, 0.2) is 12.4 Å². The lowest BCUT2D eigenvalue weighted by Gasteiger charge is -2.05. The number of carbonyl (C=O) groups is 1. The summed E-state index contributed by atoms with van der Waals surface area (Å²) >= 11 is 0. The van der Waals surface area contributed by atoms with Crippen molar-refractivity contribution in [3.63, 3.8) is 0 Å². The van der Waals surface area contributed by atoms with E-state index in [0.717, 1.165) is 24.2 Å². The van der Waals surface area contributed by atoms with Crippen molar-refractivity contribution in [2.45, 2.75) is 33.2 Å². The zero-order valence-electron chi connectivity index (χ0n) is 10.4. The van der Waals surface area contributed by atoms with E-state index in [2.05, 4.69) is 22.2 Å². The average Bonchev–Trinajstić information content (AvgIpc) is 2.32. The van der Waals surface area contributed by atoms with E-state index in [4.69, 9.17) is 4.74 Å². The second kappa shape index (κ2) is 7.73. The van der Waals surface area contributed by atoms with Crippen LogP contribution in [-0.4, -0.2) is 29.1 Å². The highest BCUT2D eigenvalue weighted by atomic mass is 16.5. The minimum Gasteiger partial charge on any atom is -0.465 e. The molecule has 1 aromatic heterocycles. The van der Waals surface area contributed by atoms with Crippen molar-refractivity contribution in [2.24, 2.45) is 0 Å². The van der Waals surface area contributed by atoms with E-state index in [1.807, 2.05) is 6.92 Å². The van der Waals surface area contributed by atoms with Crippen LogP contribution < -0.4 is 5.32 Å². The van der Waals surface area contributed by atoms with E-state index < -0.39 is 0 Å². The molecule has 0 fully saturated rings. The first-order valence-electron chi connectivity index (χ1n) is 5.86. The fourth-order valence-electron chi connectivity index (χ4n) is 1.18. The number of nitrogens with one attached hydrogen (secondary N) is 1. The molecule has 0 radical (unpaired) electrons. The van der Waals surface area contributed by atoms with Gasteiger partial charge in [0.25, 0.3) is 0 Å². The zero-order valence-corrected chi connectivity index (χ0v) is 10.4. The summed E-state index contributed by atoms with van der Waals surface area (Å²) in [6.45, 7) is 5.17. The maximum Gasteiger partial charge on any atom is 0.319 e. The number of esters is 1. The molecular weight excluding hydrogens is 218 g/mol. The number of hydrogen-bond donors (Lipinski definition) is 1. The van der Waals surface area contributed by atoms with Crippen LogP contribution in [-0.2, 0) is 16.1 Å². The SMILES string of the molecule is CCCCOC(=O)CNCc1cnc(C)cn1. The van der Waals surface area contributed by atoms with Crippen molar-refractivity contribution < 1.29 is 9.53 Å². The van der Waals surface area contributed by atoms with E-state index in [-0.39, 0.29) is 12.5 Å². The van der Waals surface area contributed by atoms with Crippen molar-refractivity contribution >= 4 is 5.97 Å². The van der Waals surface area contributed by atoms with Gasteiger partial charge in [0.2, 0.25) is 0 Å². The molecule has 1 aromatic rings. The maximum absolute atomic E-state index is 11.2. The van der Waals surface area contributed by atoms with Gasteiger partial charge in [-0.05, 0) is 13.3 Å². The number of aromatic nitrogens is 2. The average molecular weight is 237 g/mol. The lowest BCUT2D eigenvalue weighted by atomic mass is 10.4. The molecule has 5 nitrogen and oxygen atoms in total. The molecule has 1 heterocycles. The highest BCUT2D eigenvalue weighted by Crippen LogP contribution is 1.93. The monoisotopic (exact) mass is 237 g/mol. The largest absolute Gasteiger partial charge is 0.465 e. The summed E-state index contributed by atoms with van der Waals surface area (Å²) in [5.41, 5.74) is 1.70. The molecule has 0 unspecified atom stereocenters. The van der Waals surface area contributed by atoms with Gasteiger partial charge in [0.05, 0.1) is 24.5 Å². The molecule has 94 valence electrons. The van der Waals surface area contributed by atoms with Gasteiger partial charge in [-0.1, -0.05) is 13.3 Å². The Morgan fingerprint density at radius 2 is 2.24 bits per heavy atom. The van der Waals surface area contributed by atoms with Gasteiger partial charge in [-0.15, -0.1) is 0 Å². The lowest BCUT2D eigenvalue weighted by Crippen LogP contribution is -2.25. The third-order valence-electron chi connectivity index (χ3n) is 2.17. The number of aryl methyl sites for hydroxylation is 1. The first-order chi connectivity index (χ1) is 8.22. The van der Waals surface area contributed by atoms with Crippen LogP contribution in [0.3, 0.4) is 0 Å². The van der Waals surface area contributed by atoms with Gasteiger partial charge in [0.15, 0.2) is 0 Å². The molecule has 5 heteroatoms. The standard InChI is InChI=1S/C12H19N3O2/c1-3-4-5-17-12(16)9-13-7-11-8-14-10(2)6-15-11/h6,8,13H,3-5,7,9H2,1-2H3. The first-order valence-corrected chi connectivity index (χ1v) is 5.86. The van der Waals surface area contributed by atoms with Crippen LogP contribution in [0.2, 0.25) is 0 Å². The van der Waals surface area contributed by atoms with Crippen LogP contribution in [0.25, 0.3) is 0 Å². The van der Waals surface area contributed by atoms with E-state index in [1.165, 1.54) is 0 Å². The molecule has 0 saturated carbocycles. The van der Waals surface area contributed by atoms with Crippen LogP contribution in [0.5, 0.6) is 0 Å². The molecule has 0 aliphatic carbocycles. The van der Waals surface area contributed by atoms with Gasteiger partial charge in [0, 0.05) is 18.9 Å². The molecule has 0 amide bonds. The smallest absolute Gasteiger partial charge is 0.319 e. The summed E-state index contributed by atoms with van der Waals surface area (Å²) in [4.78, 5) is 19.5. The normalized spacial score (nSPS) is 10.2. The van der Waals surface area contributed by atoms with Crippen molar-refractivity contribution in [1.82, 2.24) is 15.3 Å². The second-order valence-corrected chi connectivity index (χ2v) is 3.83. The first kappa shape index (κ1) is 13.6. The lowest BCUT2D eigenvalue weighted by molar-refractivity contribution is -0.142. The molecule has 0 bridgehead atoms. The second-order valence-electron chi connectivity index (χ2n) is 3.83. The number of nitrogens with zero attached hydrogens (tertiary/aromatic N) is 2. The highest BCUT2D eigenvalue weighted by Gasteiger charge is 2.02. The topological polar surface area (TPSA) is 64.1 Å². The highest BCUT2D eigenvalue weighted by molar-refractivity contribution is 5.71. The Morgan fingerprint density at radius 3 is 2.88 bits per heavy atom. The van der Waals surface area contributed by atoms with E-state index in [9.17, 15) is 4.79 Å². The van der Waals surface area contributed by atoms with Gasteiger partial charge >= 0.3 is 5.97 Å². The van der Waals surface area contributed by atoms with Gasteiger partial charge in [0.1, 0.15) is 0 Å². The fourth-order valence-corrected chi connectivity index (χ4v) is 1.18. The van der Waals surface area contributed by atoms with Crippen LogP contribution in [0.4, 0.5) is 0 Å². The number of unbranched alkanes of at least 4 members (excludes halogenated alkanes) is 1. The van der Waals surface area contributed by atoms with Gasteiger partial charge in [-0.2, -0.15) is 0 Å². The minimum absolute atomic E-state index is 0.208. The molecule has 0 saturated heterocycles. The molecule has 0 atom stereocenters. The molecule has 0 aromatic carbocycles. The van der Waals surface area contributed by atoms with Crippen molar-refractivity contribution in [3.05, 3.63) is 23.8 Å². The molecule has 1 rings (SSSR count). The quantitative estimate of drug-likeness (QED) is 0.570. The Labute approximate surface area is 102 Å². The number of hydrogen-bond acceptors (Lipinski definition) is 5. The summed E-state index contributed by atoms with van der Waals surface area (Å²) in [6.07, 6.45) is 5.34. The van der Waals surface area contributed by atoms with Gasteiger partial charge in [-0.3, -0.25) is 14.8 Å². The summed E-state index contributed by atoms with van der Waals surface area (Å²) < 4.78 is 5.00. The van der Waals surface area contributed by atoms with E-state index >= 15 is 0 Å². The predicted octanol–water partition coefficient (Wildman–Crippen LogP) is 1.22. The molecule has 0 aliphatic heterocycles. The van der Waals surface area contributed by atoms with E-state index in [0.29, 0.717) is 13.2 Å². The predicted molar refractivity (Wildman–Crippen MR) is 64.3 cm³/mol. The van der Waals surface area contributed by atoms with E-state index in [1.54, 1.807) is 12.4 Å². The number of ether oxygens (including phenoxy) is 1. The van der Waals surface area contributed by atoms with Crippen LogP contribution in [0.1, 0.15) is 31.2 Å². The summed E-state index contributed by atoms with van der Waals surface area (Å²) in [5, 5.41) is 2.97. The Morgan fingerprint density at radius 1 is 1.41 bits per heavy atom. The van der Waals surface area contributed by atoms with Crippen molar-refractivity contribution in [1.29, 1.82) is 0 Å².